The van der Waals surface area contributed by atoms with Crippen molar-refractivity contribution in [2.75, 3.05) is 0 Å². The number of nitrogens with one attached hydrogen (secondary N) is 1. The van der Waals surface area contributed by atoms with Gasteiger partial charge in [0.05, 0.1) is 6.04 Å². The average molecular weight is 245 g/mol. The lowest BCUT2D eigenvalue weighted by Gasteiger charge is -2.20. The maximum Gasteiger partial charge on any atom is 0.223 e. The summed E-state index contributed by atoms with van der Waals surface area (Å²) in [7, 11) is 0. The van der Waals surface area contributed by atoms with E-state index < -0.39 is 0 Å². The highest BCUT2D eigenvalue weighted by atomic mass is 16.1. The maximum absolute atomic E-state index is 12.2. The third-order valence-corrected chi connectivity index (χ3v) is 3.82. The van der Waals surface area contributed by atoms with Crippen molar-refractivity contribution >= 4 is 5.91 Å². The molecule has 0 bridgehead atoms. The molecule has 1 aliphatic carbocycles. The molecule has 2 rings (SSSR count). The number of carbonyl (C=O) groups is 1. The molecular weight excluding hydrogens is 222 g/mol. The van der Waals surface area contributed by atoms with Gasteiger partial charge in [-0.25, -0.2) is 0 Å². The lowest BCUT2D eigenvalue weighted by atomic mass is 10.0. The first-order chi connectivity index (χ1) is 8.81. The highest BCUT2D eigenvalue weighted by Crippen LogP contribution is 2.26. The van der Waals surface area contributed by atoms with Crippen LogP contribution >= 0.6 is 0 Å². The summed E-state index contributed by atoms with van der Waals surface area (Å²) in [6, 6.07) is 10.5. The minimum Gasteiger partial charge on any atom is -0.349 e. The van der Waals surface area contributed by atoms with Gasteiger partial charge in [0, 0.05) is 5.92 Å². The smallest absolute Gasteiger partial charge is 0.223 e. The van der Waals surface area contributed by atoms with E-state index >= 15 is 0 Å². The zero-order valence-corrected chi connectivity index (χ0v) is 11.2. The Labute approximate surface area is 110 Å². The summed E-state index contributed by atoms with van der Waals surface area (Å²) >= 11 is 0. The topological polar surface area (TPSA) is 29.1 Å². The predicted molar refractivity (Wildman–Crippen MR) is 74.2 cm³/mol. The molecule has 1 aromatic carbocycles. The van der Waals surface area contributed by atoms with Gasteiger partial charge in [-0.05, 0) is 24.8 Å². The Hall–Kier alpha value is -1.31. The minimum atomic E-state index is 0.185. The van der Waals surface area contributed by atoms with Crippen LogP contribution in [0.3, 0.4) is 0 Å². The first kappa shape index (κ1) is 13.1. The van der Waals surface area contributed by atoms with Crippen LogP contribution in [0.15, 0.2) is 30.3 Å². The van der Waals surface area contributed by atoms with Crippen LogP contribution in [-0.4, -0.2) is 5.91 Å². The normalized spacial score (nSPS) is 17.6. The highest BCUT2D eigenvalue weighted by molar-refractivity contribution is 5.79. The van der Waals surface area contributed by atoms with Crippen LogP contribution in [-0.2, 0) is 4.79 Å². The van der Waals surface area contributed by atoms with Crippen molar-refractivity contribution in [1.29, 1.82) is 0 Å². The fourth-order valence-electron chi connectivity index (χ4n) is 2.77. The number of amides is 1. The zero-order chi connectivity index (χ0) is 12.8. The summed E-state index contributed by atoms with van der Waals surface area (Å²) in [6.07, 6.45) is 6.66. The van der Waals surface area contributed by atoms with Crippen LogP contribution in [0.25, 0.3) is 0 Å². The molecule has 0 saturated heterocycles. The van der Waals surface area contributed by atoms with Crippen molar-refractivity contribution in [3.63, 3.8) is 0 Å². The molecule has 1 atom stereocenters. The van der Waals surface area contributed by atoms with E-state index in [1.807, 2.05) is 18.2 Å². The van der Waals surface area contributed by atoms with Crippen LogP contribution in [0.2, 0.25) is 0 Å². The quantitative estimate of drug-likeness (QED) is 0.839. The minimum absolute atomic E-state index is 0.185. The summed E-state index contributed by atoms with van der Waals surface area (Å²) in [4.78, 5) is 12.2. The number of benzene rings is 1. The third-order valence-electron chi connectivity index (χ3n) is 3.82. The van der Waals surface area contributed by atoms with Gasteiger partial charge in [-0.1, -0.05) is 56.5 Å². The lowest BCUT2D eigenvalue weighted by Crippen LogP contribution is -2.33. The van der Waals surface area contributed by atoms with E-state index in [0.29, 0.717) is 0 Å². The molecule has 1 N–H and O–H groups in total. The van der Waals surface area contributed by atoms with Gasteiger partial charge in [0.1, 0.15) is 0 Å². The first-order valence-electron chi connectivity index (χ1n) is 7.16. The second-order valence-electron chi connectivity index (χ2n) is 5.24. The molecule has 1 amide bonds. The van der Waals surface area contributed by atoms with Gasteiger partial charge in [0.15, 0.2) is 0 Å². The molecule has 18 heavy (non-hydrogen) atoms. The van der Waals surface area contributed by atoms with Gasteiger partial charge >= 0.3 is 0 Å². The maximum atomic E-state index is 12.2. The molecule has 1 aromatic rings. The molecular formula is C16H23NO. The second-order valence-corrected chi connectivity index (χ2v) is 5.24. The fraction of sp³-hybridized carbons (Fsp3) is 0.562. The van der Waals surface area contributed by atoms with Crippen molar-refractivity contribution in [2.24, 2.45) is 5.92 Å². The van der Waals surface area contributed by atoms with E-state index in [1.54, 1.807) is 0 Å². The van der Waals surface area contributed by atoms with Crippen LogP contribution in [0.4, 0.5) is 0 Å². The van der Waals surface area contributed by atoms with E-state index in [0.717, 1.165) is 25.7 Å². The molecule has 0 spiro atoms. The SMILES string of the molecule is CCCC(NC(=O)C1CCCC1)c1ccccc1. The molecule has 2 heteroatoms. The molecule has 2 nitrogen and oxygen atoms in total. The first-order valence-corrected chi connectivity index (χ1v) is 7.16. The van der Waals surface area contributed by atoms with Gasteiger partial charge in [-0.2, -0.15) is 0 Å². The predicted octanol–water partition coefficient (Wildman–Crippen LogP) is 3.83. The van der Waals surface area contributed by atoms with E-state index in [9.17, 15) is 4.79 Å². The van der Waals surface area contributed by atoms with Crippen molar-refractivity contribution in [3.8, 4) is 0 Å². The number of carbonyl (C=O) groups excluding carboxylic acids is 1. The molecule has 1 saturated carbocycles. The van der Waals surface area contributed by atoms with Crippen LogP contribution in [0.5, 0.6) is 0 Å². The molecule has 0 radical (unpaired) electrons. The van der Waals surface area contributed by atoms with Crippen LogP contribution < -0.4 is 5.32 Å². The summed E-state index contributed by atoms with van der Waals surface area (Å²) in [6.45, 7) is 2.16. The Bertz CT molecular complexity index is 368. The Kier molecular flexibility index (Phi) is 4.80. The zero-order valence-electron chi connectivity index (χ0n) is 11.2. The molecule has 0 heterocycles. The third kappa shape index (κ3) is 3.34. The van der Waals surface area contributed by atoms with Crippen molar-refractivity contribution < 1.29 is 4.79 Å². The molecule has 98 valence electrons. The van der Waals surface area contributed by atoms with Gasteiger partial charge in [-0.15, -0.1) is 0 Å². The largest absolute Gasteiger partial charge is 0.349 e. The number of hydrogen-bond acceptors (Lipinski definition) is 1. The number of rotatable bonds is 5. The Morgan fingerprint density at radius 1 is 1.28 bits per heavy atom. The fourth-order valence-corrected chi connectivity index (χ4v) is 2.77. The van der Waals surface area contributed by atoms with Crippen LogP contribution in [0.1, 0.15) is 57.1 Å². The van der Waals surface area contributed by atoms with Crippen LogP contribution in [0, 0.1) is 5.92 Å². The van der Waals surface area contributed by atoms with E-state index in [-0.39, 0.29) is 17.9 Å². The van der Waals surface area contributed by atoms with Gasteiger partial charge in [0.2, 0.25) is 5.91 Å². The second kappa shape index (κ2) is 6.58. The molecule has 0 aliphatic heterocycles. The summed E-state index contributed by atoms with van der Waals surface area (Å²) in [5.74, 6) is 0.517. The van der Waals surface area contributed by atoms with Gasteiger partial charge in [-0.3, -0.25) is 4.79 Å². The summed E-state index contributed by atoms with van der Waals surface area (Å²) < 4.78 is 0. The summed E-state index contributed by atoms with van der Waals surface area (Å²) in [5, 5.41) is 3.24. The average Bonchev–Trinajstić information content (AvgIpc) is 2.93. The van der Waals surface area contributed by atoms with E-state index in [1.165, 1.54) is 18.4 Å². The molecule has 1 fully saturated rings. The summed E-state index contributed by atoms with van der Waals surface area (Å²) in [5.41, 5.74) is 1.23. The van der Waals surface area contributed by atoms with Crippen molar-refractivity contribution in [3.05, 3.63) is 35.9 Å². The standard InChI is InChI=1S/C16H23NO/c1-2-8-15(13-9-4-3-5-10-13)17-16(18)14-11-6-7-12-14/h3-5,9-10,14-15H,2,6-8,11-12H2,1H3,(H,17,18). The molecule has 1 aliphatic rings. The Balaban J connectivity index is 1.99. The Morgan fingerprint density at radius 3 is 2.56 bits per heavy atom. The lowest BCUT2D eigenvalue weighted by molar-refractivity contribution is -0.125. The molecule has 0 aromatic heterocycles. The van der Waals surface area contributed by atoms with E-state index in [2.05, 4.69) is 24.4 Å². The van der Waals surface area contributed by atoms with Gasteiger partial charge in [0.25, 0.3) is 0 Å². The van der Waals surface area contributed by atoms with Crippen molar-refractivity contribution in [1.82, 2.24) is 5.32 Å². The van der Waals surface area contributed by atoms with Gasteiger partial charge < -0.3 is 5.32 Å². The van der Waals surface area contributed by atoms with E-state index in [4.69, 9.17) is 0 Å². The highest BCUT2D eigenvalue weighted by Gasteiger charge is 2.24. The van der Waals surface area contributed by atoms with Crippen molar-refractivity contribution in [2.45, 2.75) is 51.5 Å². The molecule has 1 unspecified atom stereocenters. The number of hydrogen-bond donors (Lipinski definition) is 1. The Morgan fingerprint density at radius 2 is 1.94 bits per heavy atom. The monoisotopic (exact) mass is 245 g/mol.